The van der Waals surface area contributed by atoms with Gasteiger partial charge in [0, 0.05) is 24.4 Å². The Hall–Kier alpha value is -2.34. The number of H-pyrrole nitrogens is 1. The van der Waals surface area contributed by atoms with Gasteiger partial charge >= 0.3 is 5.97 Å². The minimum Gasteiger partial charge on any atom is -0.481 e. The number of hydrogen-bond donors (Lipinski definition) is 3. The number of fused-ring (bicyclic) bond motifs is 1. The summed E-state index contributed by atoms with van der Waals surface area (Å²) in [5, 5.41) is 12.7. The van der Waals surface area contributed by atoms with Crippen molar-refractivity contribution in [2.45, 2.75) is 18.9 Å². The first kappa shape index (κ1) is 15.1. The quantitative estimate of drug-likeness (QED) is 0.756. The van der Waals surface area contributed by atoms with Gasteiger partial charge in [0.05, 0.1) is 18.6 Å². The van der Waals surface area contributed by atoms with E-state index in [2.05, 4.69) is 10.3 Å². The molecule has 6 heteroatoms. The van der Waals surface area contributed by atoms with E-state index < -0.39 is 11.5 Å². The Morgan fingerprint density at radius 1 is 1.38 bits per heavy atom. The lowest BCUT2D eigenvalue weighted by Crippen LogP contribution is -2.50. The number of carboxylic acid groups (broad SMARTS) is 1. The van der Waals surface area contributed by atoms with Crippen LogP contribution in [-0.2, 0) is 9.53 Å². The average molecular weight is 290 g/mol. The fourth-order valence-corrected chi connectivity index (χ4v) is 2.32. The van der Waals surface area contributed by atoms with E-state index in [4.69, 9.17) is 9.84 Å². The van der Waals surface area contributed by atoms with Crippen LogP contribution in [0.2, 0.25) is 0 Å². The highest BCUT2D eigenvalue weighted by molar-refractivity contribution is 5.98. The largest absolute Gasteiger partial charge is 0.481 e. The standard InChI is InChI=1S/C15H18N2O4/c1-15(9-21-2,8-13(18)19)17-14(20)11-4-3-10-5-6-16-12(10)7-11/h3-7,16H,8-9H2,1-2H3,(H,17,20)(H,18,19). The van der Waals surface area contributed by atoms with Gasteiger partial charge < -0.3 is 20.1 Å². The van der Waals surface area contributed by atoms with Crippen molar-refractivity contribution in [3.8, 4) is 0 Å². The number of benzene rings is 1. The number of rotatable bonds is 6. The van der Waals surface area contributed by atoms with Gasteiger partial charge in [0.2, 0.25) is 0 Å². The zero-order chi connectivity index (χ0) is 15.5. The molecule has 2 rings (SSSR count). The fraction of sp³-hybridized carbons (Fsp3) is 0.333. The van der Waals surface area contributed by atoms with E-state index >= 15 is 0 Å². The van der Waals surface area contributed by atoms with E-state index in [-0.39, 0.29) is 18.9 Å². The molecule has 1 amide bonds. The van der Waals surface area contributed by atoms with Gasteiger partial charge in [-0.05, 0) is 30.5 Å². The summed E-state index contributed by atoms with van der Waals surface area (Å²) in [4.78, 5) is 26.3. The second-order valence-electron chi connectivity index (χ2n) is 5.30. The van der Waals surface area contributed by atoms with Crippen molar-refractivity contribution in [1.82, 2.24) is 10.3 Å². The molecule has 1 aromatic carbocycles. The van der Waals surface area contributed by atoms with Gasteiger partial charge in [0.25, 0.3) is 5.91 Å². The fourth-order valence-electron chi connectivity index (χ4n) is 2.32. The van der Waals surface area contributed by atoms with Crippen LogP contribution in [0.15, 0.2) is 30.5 Å². The van der Waals surface area contributed by atoms with Crippen LogP contribution >= 0.6 is 0 Å². The van der Waals surface area contributed by atoms with Gasteiger partial charge in [-0.2, -0.15) is 0 Å². The number of nitrogens with one attached hydrogen (secondary N) is 2. The van der Waals surface area contributed by atoms with Gasteiger partial charge in [-0.15, -0.1) is 0 Å². The van der Waals surface area contributed by atoms with Crippen molar-refractivity contribution < 1.29 is 19.4 Å². The molecule has 0 aliphatic rings. The molecule has 21 heavy (non-hydrogen) atoms. The molecule has 6 nitrogen and oxygen atoms in total. The number of aromatic nitrogens is 1. The molecular weight excluding hydrogens is 272 g/mol. The number of carbonyl (C=O) groups excluding carboxylic acids is 1. The van der Waals surface area contributed by atoms with Crippen LogP contribution in [0.1, 0.15) is 23.7 Å². The highest BCUT2D eigenvalue weighted by Crippen LogP contribution is 2.16. The summed E-state index contributed by atoms with van der Waals surface area (Å²) in [6.07, 6.45) is 1.59. The van der Waals surface area contributed by atoms with Gasteiger partial charge in [0.15, 0.2) is 0 Å². The zero-order valence-corrected chi connectivity index (χ0v) is 12.0. The number of hydrogen-bond acceptors (Lipinski definition) is 3. The molecule has 0 aliphatic carbocycles. The molecule has 2 aromatic rings. The van der Waals surface area contributed by atoms with E-state index in [0.717, 1.165) is 10.9 Å². The monoisotopic (exact) mass is 290 g/mol. The highest BCUT2D eigenvalue weighted by Gasteiger charge is 2.30. The number of aromatic amines is 1. The van der Waals surface area contributed by atoms with Crippen molar-refractivity contribution >= 4 is 22.8 Å². The van der Waals surface area contributed by atoms with Crippen molar-refractivity contribution in [1.29, 1.82) is 0 Å². The molecule has 1 unspecified atom stereocenters. The summed E-state index contributed by atoms with van der Waals surface area (Å²) in [6, 6.07) is 7.19. The normalized spacial score (nSPS) is 13.8. The first-order valence-corrected chi connectivity index (χ1v) is 6.54. The van der Waals surface area contributed by atoms with Gasteiger partial charge in [-0.1, -0.05) is 6.07 Å². The molecule has 0 fully saturated rings. The first-order valence-electron chi connectivity index (χ1n) is 6.54. The molecule has 3 N–H and O–H groups in total. The third-order valence-electron chi connectivity index (χ3n) is 3.24. The summed E-state index contributed by atoms with van der Waals surface area (Å²) in [5.74, 6) is -1.32. The van der Waals surface area contributed by atoms with Crippen LogP contribution in [0, 0.1) is 0 Å². The Labute approximate surface area is 122 Å². The molecule has 0 saturated carbocycles. The van der Waals surface area contributed by atoms with Crippen molar-refractivity contribution in [2.75, 3.05) is 13.7 Å². The molecule has 0 saturated heterocycles. The molecule has 1 atom stereocenters. The van der Waals surface area contributed by atoms with Crippen LogP contribution in [-0.4, -0.2) is 41.2 Å². The second kappa shape index (κ2) is 5.97. The maximum absolute atomic E-state index is 12.3. The third kappa shape index (κ3) is 3.61. The molecule has 112 valence electrons. The van der Waals surface area contributed by atoms with Crippen molar-refractivity contribution in [2.24, 2.45) is 0 Å². The number of aliphatic carboxylic acids is 1. The maximum atomic E-state index is 12.3. The Bertz CT molecular complexity index is 664. The molecule has 0 radical (unpaired) electrons. The molecule has 0 aliphatic heterocycles. The second-order valence-corrected chi connectivity index (χ2v) is 5.30. The lowest BCUT2D eigenvalue weighted by atomic mass is 9.98. The van der Waals surface area contributed by atoms with Crippen LogP contribution in [0.4, 0.5) is 0 Å². The summed E-state index contributed by atoms with van der Waals surface area (Å²) < 4.78 is 5.02. The van der Waals surface area contributed by atoms with Crippen LogP contribution in [0.25, 0.3) is 10.9 Å². The Morgan fingerprint density at radius 3 is 2.81 bits per heavy atom. The topological polar surface area (TPSA) is 91.4 Å². The molecule has 0 spiro atoms. The number of carboxylic acids is 1. The number of ether oxygens (including phenoxy) is 1. The predicted octanol–water partition coefficient (Wildman–Crippen LogP) is 1.78. The number of methoxy groups -OCH3 is 1. The minimum absolute atomic E-state index is 0.121. The molecule has 0 bridgehead atoms. The third-order valence-corrected chi connectivity index (χ3v) is 3.24. The SMILES string of the molecule is COCC(C)(CC(=O)O)NC(=O)c1ccc2cc[nH]c2c1. The summed E-state index contributed by atoms with van der Waals surface area (Å²) in [6.45, 7) is 1.77. The van der Waals surface area contributed by atoms with E-state index in [9.17, 15) is 9.59 Å². The van der Waals surface area contributed by atoms with E-state index in [0.29, 0.717) is 5.56 Å². The summed E-state index contributed by atoms with van der Waals surface area (Å²) in [5.41, 5.74) is 0.370. The summed E-state index contributed by atoms with van der Waals surface area (Å²) >= 11 is 0. The van der Waals surface area contributed by atoms with Crippen LogP contribution < -0.4 is 5.32 Å². The first-order chi connectivity index (χ1) is 9.93. The lowest BCUT2D eigenvalue weighted by Gasteiger charge is -2.28. The lowest BCUT2D eigenvalue weighted by molar-refractivity contribution is -0.139. The average Bonchev–Trinajstić information content (AvgIpc) is 2.84. The molecule has 1 aromatic heterocycles. The highest BCUT2D eigenvalue weighted by atomic mass is 16.5. The molecular formula is C15H18N2O4. The zero-order valence-electron chi connectivity index (χ0n) is 12.0. The van der Waals surface area contributed by atoms with Gasteiger partial charge in [-0.3, -0.25) is 9.59 Å². The van der Waals surface area contributed by atoms with Crippen LogP contribution in [0.5, 0.6) is 0 Å². The summed E-state index contributed by atoms with van der Waals surface area (Å²) in [7, 11) is 1.47. The van der Waals surface area contributed by atoms with Crippen molar-refractivity contribution in [3.05, 3.63) is 36.0 Å². The van der Waals surface area contributed by atoms with E-state index in [1.165, 1.54) is 7.11 Å². The van der Waals surface area contributed by atoms with Gasteiger partial charge in [-0.25, -0.2) is 0 Å². The molecule has 1 heterocycles. The van der Waals surface area contributed by atoms with Gasteiger partial charge in [0.1, 0.15) is 0 Å². The van der Waals surface area contributed by atoms with Crippen LogP contribution in [0.3, 0.4) is 0 Å². The van der Waals surface area contributed by atoms with E-state index in [1.54, 1.807) is 25.3 Å². The number of amides is 1. The minimum atomic E-state index is -0.991. The predicted molar refractivity (Wildman–Crippen MR) is 78.3 cm³/mol. The van der Waals surface area contributed by atoms with E-state index in [1.807, 2.05) is 12.1 Å². The number of carbonyl (C=O) groups is 2. The Balaban J connectivity index is 2.19. The maximum Gasteiger partial charge on any atom is 0.305 e. The van der Waals surface area contributed by atoms with Crippen molar-refractivity contribution in [3.63, 3.8) is 0 Å². The smallest absolute Gasteiger partial charge is 0.305 e. The Morgan fingerprint density at radius 2 is 2.14 bits per heavy atom. The Kier molecular flexibility index (Phi) is 4.28.